The Hall–Kier alpha value is -2.34. The van der Waals surface area contributed by atoms with Gasteiger partial charge in [0.25, 0.3) is 5.91 Å². The number of carbonyl (C=O) groups is 2. The monoisotopic (exact) mass is 294 g/mol. The first-order valence-electron chi connectivity index (χ1n) is 5.71. The Balaban J connectivity index is 1.87. The number of hydrogen-bond acceptors (Lipinski definition) is 5. The third-order valence-corrected chi connectivity index (χ3v) is 2.64. The van der Waals surface area contributed by atoms with Crippen LogP contribution in [0.25, 0.3) is 0 Å². The van der Waals surface area contributed by atoms with Crippen LogP contribution in [0.15, 0.2) is 34.9 Å². The molecule has 0 radical (unpaired) electrons. The quantitative estimate of drug-likeness (QED) is 0.876. The average Bonchev–Trinajstić information content (AvgIpc) is 2.85. The topological polar surface area (TPSA) is 81.4 Å². The van der Waals surface area contributed by atoms with Crippen molar-refractivity contribution in [2.75, 3.05) is 11.9 Å². The van der Waals surface area contributed by atoms with E-state index in [0.29, 0.717) is 16.4 Å². The molecule has 0 aliphatic carbocycles. The lowest BCUT2D eigenvalue weighted by Crippen LogP contribution is -2.20. The van der Waals surface area contributed by atoms with Crippen LogP contribution in [0.1, 0.15) is 16.2 Å². The molecule has 1 aromatic carbocycles. The second-order valence-corrected chi connectivity index (χ2v) is 4.34. The van der Waals surface area contributed by atoms with Crippen molar-refractivity contribution in [3.05, 3.63) is 46.8 Å². The Bertz CT molecular complexity index is 639. The minimum absolute atomic E-state index is 0.0481. The van der Waals surface area contributed by atoms with E-state index in [4.69, 9.17) is 20.9 Å². The van der Waals surface area contributed by atoms with Gasteiger partial charge in [0.05, 0.1) is 16.4 Å². The Morgan fingerprint density at radius 1 is 1.40 bits per heavy atom. The number of ether oxygens (including phenoxy) is 1. The van der Waals surface area contributed by atoms with Crippen molar-refractivity contribution in [2.24, 2.45) is 0 Å². The van der Waals surface area contributed by atoms with E-state index in [1.54, 1.807) is 31.2 Å². The van der Waals surface area contributed by atoms with Crippen LogP contribution in [-0.2, 0) is 9.53 Å². The fourth-order valence-electron chi connectivity index (χ4n) is 1.41. The summed E-state index contributed by atoms with van der Waals surface area (Å²) in [5.41, 5.74) is 1.00. The largest absolute Gasteiger partial charge is 0.450 e. The number of amides is 1. The molecule has 2 rings (SSSR count). The molecule has 0 saturated heterocycles. The first-order chi connectivity index (χ1) is 9.56. The number of benzene rings is 1. The van der Waals surface area contributed by atoms with Gasteiger partial charge in [0.2, 0.25) is 5.76 Å². The molecule has 1 N–H and O–H groups in total. The van der Waals surface area contributed by atoms with Gasteiger partial charge in [-0.25, -0.2) is 4.79 Å². The molecule has 0 unspecified atom stereocenters. The molecule has 6 nitrogen and oxygen atoms in total. The number of para-hydroxylation sites is 1. The summed E-state index contributed by atoms with van der Waals surface area (Å²) in [7, 11) is 0. The minimum atomic E-state index is -0.750. The maximum absolute atomic E-state index is 11.6. The number of nitrogens with one attached hydrogen (secondary N) is 1. The Kier molecular flexibility index (Phi) is 4.37. The van der Waals surface area contributed by atoms with Gasteiger partial charge >= 0.3 is 5.97 Å². The summed E-state index contributed by atoms with van der Waals surface area (Å²) in [6, 6.07) is 8.17. The number of anilines is 1. The highest BCUT2D eigenvalue weighted by Gasteiger charge is 2.15. The molecular weight excluding hydrogens is 284 g/mol. The number of halogens is 1. The molecule has 0 saturated carbocycles. The first kappa shape index (κ1) is 14.1. The number of esters is 1. The summed E-state index contributed by atoms with van der Waals surface area (Å²) >= 11 is 5.88. The van der Waals surface area contributed by atoms with Gasteiger partial charge in [0.1, 0.15) is 0 Å². The number of hydrogen-bond donors (Lipinski definition) is 1. The number of aromatic nitrogens is 1. The Labute approximate surface area is 119 Å². The number of carbonyl (C=O) groups excluding carboxylic acids is 2. The van der Waals surface area contributed by atoms with Crippen molar-refractivity contribution >= 4 is 29.2 Å². The van der Waals surface area contributed by atoms with Crippen molar-refractivity contribution in [3.63, 3.8) is 0 Å². The van der Waals surface area contributed by atoms with Crippen molar-refractivity contribution in [1.29, 1.82) is 0 Å². The SMILES string of the molecule is Cc1cc(C(=O)OCC(=O)Nc2ccccc2Cl)on1. The van der Waals surface area contributed by atoms with Gasteiger partial charge in [-0.2, -0.15) is 0 Å². The standard InChI is InChI=1S/C13H11ClN2O4/c1-8-6-11(20-16-8)13(18)19-7-12(17)15-10-5-3-2-4-9(10)14/h2-6H,7H2,1H3,(H,15,17). The molecule has 0 aliphatic heterocycles. The predicted molar refractivity (Wildman–Crippen MR) is 71.6 cm³/mol. The van der Waals surface area contributed by atoms with Crippen molar-refractivity contribution in [2.45, 2.75) is 6.92 Å². The van der Waals surface area contributed by atoms with Crippen LogP contribution in [0.5, 0.6) is 0 Å². The third-order valence-electron chi connectivity index (χ3n) is 2.31. The van der Waals surface area contributed by atoms with Gasteiger partial charge in [0, 0.05) is 6.07 Å². The first-order valence-corrected chi connectivity index (χ1v) is 6.09. The summed E-state index contributed by atoms with van der Waals surface area (Å²) < 4.78 is 9.51. The fraction of sp³-hybridized carbons (Fsp3) is 0.154. The van der Waals surface area contributed by atoms with Crippen LogP contribution >= 0.6 is 11.6 Å². The zero-order valence-electron chi connectivity index (χ0n) is 10.6. The Morgan fingerprint density at radius 2 is 2.15 bits per heavy atom. The van der Waals surface area contributed by atoms with Gasteiger partial charge in [-0.15, -0.1) is 0 Å². The summed E-state index contributed by atoms with van der Waals surface area (Å²) in [5, 5.41) is 6.48. The van der Waals surface area contributed by atoms with E-state index in [0.717, 1.165) is 0 Å². The number of aryl methyl sites for hydroxylation is 1. The van der Waals surface area contributed by atoms with Crippen LogP contribution in [0, 0.1) is 6.92 Å². The minimum Gasteiger partial charge on any atom is -0.450 e. The van der Waals surface area contributed by atoms with E-state index in [1.165, 1.54) is 6.07 Å². The zero-order valence-corrected chi connectivity index (χ0v) is 11.3. The molecule has 0 atom stereocenters. The van der Waals surface area contributed by atoms with Crippen molar-refractivity contribution < 1.29 is 18.8 Å². The lowest BCUT2D eigenvalue weighted by atomic mass is 10.3. The van der Waals surface area contributed by atoms with E-state index >= 15 is 0 Å². The van der Waals surface area contributed by atoms with Crippen LogP contribution in [0.2, 0.25) is 5.02 Å². The van der Waals surface area contributed by atoms with E-state index in [-0.39, 0.29) is 5.76 Å². The van der Waals surface area contributed by atoms with Crippen LogP contribution in [0.3, 0.4) is 0 Å². The molecule has 1 aromatic heterocycles. The van der Waals surface area contributed by atoms with Gasteiger partial charge in [-0.1, -0.05) is 28.9 Å². The van der Waals surface area contributed by atoms with E-state index in [2.05, 4.69) is 10.5 Å². The summed E-state index contributed by atoms with van der Waals surface area (Å²) in [6.07, 6.45) is 0. The highest BCUT2D eigenvalue weighted by molar-refractivity contribution is 6.33. The van der Waals surface area contributed by atoms with Crippen LogP contribution in [-0.4, -0.2) is 23.6 Å². The highest BCUT2D eigenvalue weighted by atomic mass is 35.5. The molecule has 20 heavy (non-hydrogen) atoms. The van der Waals surface area contributed by atoms with Crippen molar-refractivity contribution in [3.8, 4) is 0 Å². The highest BCUT2D eigenvalue weighted by Crippen LogP contribution is 2.20. The van der Waals surface area contributed by atoms with Crippen LogP contribution in [0.4, 0.5) is 5.69 Å². The van der Waals surface area contributed by atoms with E-state index in [9.17, 15) is 9.59 Å². The van der Waals surface area contributed by atoms with E-state index < -0.39 is 18.5 Å². The lowest BCUT2D eigenvalue weighted by Gasteiger charge is -2.06. The van der Waals surface area contributed by atoms with Gasteiger partial charge < -0.3 is 14.6 Å². The number of nitrogens with zero attached hydrogens (tertiary/aromatic N) is 1. The summed E-state index contributed by atoms with van der Waals surface area (Å²) in [4.78, 5) is 23.1. The maximum Gasteiger partial charge on any atom is 0.377 e. The molecule has 2 aromatic rings. The second-order valence-electron chi connectivity index (χ2n) is 3.94. The summed E-state index contributed by atoms with van der Waals surface area (Å²) in [6.45, 7) is 1.23. The van der Waals surface area contributed by atoms with Gasteiger partial charge in [-0.3, -0.25) is 4.79 Å². The van der Waals surface area contributed by atoms with Crippen LogP contribution < -0.4 is 5.32 Å². The van der Waals surface area contributed by atoms with E-state index in [1.807, 2.05) is 0 Å². The molecule has 0 spiro atoms. The molecule has 104 valence electrons. The molecule has 1 heterocycles. The van der Waals surface area contributed by atoms with Crippen molar-refractivity contribution in [1.82, 2.24) is 5.16 Å². The molecule has 7 heteroatoms. The average molecular weight is 295 g/mol. The smallest absolute Gasteiger partial charge is 0.377 e. The Morgan fingerprint density at radius 3 is 2.80 bits per heavy atom. The molecule has 1 amide bonds. The maximum atomic E-state index is 11.6. The van der Waals surface area contributed by atoms with Gasteiger partial charge in [0.15, 0.2) is 6.61 Å². The van der Waals surface area contributed by atoms with Gasteiger partial charge in [-0.05, 0) is 19.1 Å². The zero-order chi connectivity index (χ0) is 14.5. The predicted octanol–water partition coefficient (Wildman–Crippen LogP) is 2.43. The second kappa shape index (κ2) is 6.21. The fourth-order valence-corrected chi connectivity index (χ4v) is 1.59. The molecule has 0 aliphatic rings. The lowest BCUT2D eigenvalue weighted by molar-refractivity contribution is -0.119. The molecule has 0 fully saturated rings. The normalized spacial score (nSPS) is 10.1. The third kappa shape index (κ3) is 3.58. The molecular formula is C13H11ClN2O4. The molecule has 0 bridgehead atoms. The number of rotatable bonds is 4. The summed E-state index contributed by atoms with van der Waals surface area (Å²) in [5.74, 6) is -1.30.